The third-order valence-corrected chi connectivity index (χ3v) is 2.42. The molecule has 15 heavy (non-hydrogen) atoms. The number of aliphatic hydroxyl groups excluding tert-OH is 1. The second kappa shape index (κ2) is 4.26. The molecule has 2 heterocycles. The van der Waals surface area contributed by atoms with Crippen LogP contribution in [0.1, 0.15) is 25.1 Å². The van der Waals surface area contributed by atoms with Gasteiger partial charge in [0.2, 0.25) is 6.41 Å². The average molecular weight is 208 g/mol. The molecule has 0 aliphatic carbocycles. The Morgan fingerprint density at radius 2 is 2.27 bits per heavy atom. The van der Waals surface area contributed by atoms with Crippen molar-refractivity contribution in [3.05, 3.63) is 29.6 Å². The Morgan fingerprint density at radius 1 is 1.47 bits per heavy atom. The predicted molar refractivity (Wildman–Crippen MR) is 55.7 cm³/mol. The van der Waals surface area contributed by atoms with E-state index in [1.165, 1.54) is 5.56 Å². The van der Waals surface area contributed by atoms with Crippen molar-refractivity contribution in [2.75, 3.05) is 0 Å². The normalized spacial score (nSPS) is 18.1. The third kappa shape index (κ3) is 2.34. The maximum absolute atomic E-state index is 9.77. The summed E-state index contributed by atoms with van der Waals surface area (Å²) in [7, 11) is 0. The van der Waals surface area contributed by atoms with Gasteiger partial charge in [0, 0.05) is 19.3 Å². The van der Waals surface area contributed by atoms with Crippen LogP contribution in [-0.4, -0.2) is 27.5 Å². The average Bonchev–Trinajstić information content (AvgIpc) is 2.59. The van der Waals surface area contributed by atoms with E-state index in [-0.39, 0.29) is 6.10 Å². The van der Waals surface area contributed by atoms with E-state index < -0.39 is 6.41 Å². The highest BCUT2D eigenvalue weighted by atomic mass is 16.6. The van der Waals surface area contributed by atoms with Crippen LogP contribution >= 0.6 is 0 Å². The highest BCUT2D eigenvalue weighted by Crippen LogP contribution is 2.22. The van der Waals surface area contributed by atoms with Crippen LogP contribution in [-0.2, 0) is 17.8 Å². The topological polar surface area (TPSA) is 45.6 Å². The Labute approximate surface area is 89.5 Å². The fourth-order valence-electron chi connectivity index (χ4n) is 1.71. The van der Waals surface area contributed by atoms with Crippen molar-refractivity contribution < 1.29 is 9.84 Å². The first-order valence-corrected chi connectivity index (χ1v) is 5.17. The quantitative estimate of drug-likeness (QED) is 0.755. The molecule has 1 aliphatic heterocycles. The van der Waals surface area contributed by atoms with Crippen molar-refractivity contribution in [1.82, 2.24) is 9.88 Å². The molecule has 1 aliphatic rings. The molecule has 0 saturated heterocycles. The number of aromatic nitrogens is 1. The van der Waals surface area contributed by atoms with Crippen LogP contribution in [0.15, 0.2) is 18.3 Å². The molecule has 82 valence electrons. The third-order valence-electron chi connectivity index (χ3n) is 2.42. The monoisotopic (exact) mass is 208 g/mol. The minimum absolute atomic E-state index is 0.0247. The molecular formula is C11H16N2O2. The first kappa shape index (κ1) is 10.5. The molecule has 1 N–H and O–H groups in total. The summed E-state index contributed by atoms with van der Waals surface area (Å²) in [5, 5.41) is 9.77. The lowest BCUT2D eigenvalue weighted by Crippen LogP contribution is -2.34. The molecule has 0 amide bonds. The highest BCUT2D eigenvalue weighted by Gasteiger charge is 2.25. The lowest BCUT2D eigenvalue weighted by Gasteiger charge is -2.23. The Balaban J connectivity index is 2.00. The summed E-state index contributed by atoms with van der Waals surface area (Å²) in [5.74, 6) is 0. The number of pyridine rings is 1. The molecule has 4 nitrogen and oxygen atoms in total. The van der Waals surface area contributed by atoms with Crippen LogP contribution in [0.3, 0.4) is 0 Å². The molecule has 0 radical (unpaired) electrons. The lowest BCUT2D eigenvalue weighted by molar-refractivity contribution is -0.214. The highest BCUT2D eigenvalue weighted by molar-refractivity contribution is 5.23. The molecular weight excluding hydrogens is 192 g/mol. The second-order valence-electron chi connectivity index (χ2n) is 4.03. The van der Waals surface area contributed by atoms with E-state index in [1.54, 1.807) is 6.20 Å². The summed E-state index contributed by atoms with van der Waals surface area (Å²) in [5.41, 5.74) is 2.20. The summed E-state index contributed by atoms with van der Waals surface area (Å²) in [6.07, 6.45) is 0.966. The van der Waals surface area contributed by atoms with Gasteiger partial charge in [-0.3, -0.25) is 4.98 Å². The smallest absolute Gasteiger partial charge is 0.216 e. The zero-order chi connectivity index (χ0) is 10.8. The van der Waals surface area contributed by atoms with Gasteiger partial charge in [-0.1, -0.05) is 6.07 Å². The number of hydrogen-bond donors (Lipinski definition) is 1. The van der Waals surface area contributed by atoms with Gasteiger partial charge in [0.05, 0.1) is 11.8 Å². The molecule has 0 fully saturated rings. The van der Waals surface area contributed by atoms with E-state index in [0.717, 1.165) is 5.69 Å². The number of hydrogen-bond acceptors (Lipinski definition) is 4. The van der Waals surface area contributed by atoms with Crippen LogP contribution in [0.5, 0.6) is 0 Å². The van der Waals surface area contributed by atoms with Crippen molar-refractivity contribution in [3.63, 3.8) is 0 Å². The zero-order valence-corrected chi connectivity index (χ0v) is 9.05. The van der Waals surface area contributed by atoms with Crippen molar-refractivity contribution in [2.45, 2.75) is 39.5 Å². The number of fused-ring (bicyclic) bond motifs is 1. The molecule has 1 aromatic heterocycles. The van der Waals surface area contributed by atoms with E-state index in [2.05, 4.69) is 4.98 Å². The van der Waals surface area contributed by atoms with Gasteiger partial charge in [-0.2, -0.15) is 0 Å². The Hall–Kier alpha value is -0.970. The molecule has 0 saturated carbocycles. The first-order chi connectivity index (χ1) is 7.16. The van der Waals surface area contributed by atoms with Crippen LogP contribution in [0, 0.1) is 0 Å². The number of aliphatic hydroxyl groups is 1. The summed E-state index contributed by atoms with van der Waals surface area (Å²) in [4.78, 5) is 6.12. The van der Waals surface area contributed by atoms with Crippen LogP contribution in [0.25, 0.3) is 0 Å². The summed E-state index contributed by atoms with van der Waals surface area (Å²) in [6.45, 7) is 5.18. The van der Waals surface area contributed by atoms with Crippen molar-refractivity contribution >= 4 is 0 Å². The van der Waals surface area contributed by atoms with Crippen LogP contribution < -0.4 is 0 Å². The maximum atomic E-state index is 9.77. The Bertz CT molecular complexity index is 316. The van der Waals surface area contributed by atoms with Gasteiger partial charge >= 0.3 is 0 Å². The SMILES string of the molecule is CC(C)OC(O)N1Cc2cccnc2C1. The Morgan fingerprint density at radius 3 is 2.93 bits per heavy atom. The van der Waals surface area contributed by atoms with E-state index in [0.29, 0.717) is 13.1 Å². The van der Waals surface area contributed by atoms with Crippen molar-refractivity contribution in [1.29, 1.82) is 0 Å². The maximum Gasteiger partial charge on any atom is 0.216 e. The van der Waals surface area contributed by atoms with E-state index in [4.69, 9.17) is 4.74 Å². The molecule has 0 bridgehead atoms. The van der Waals surface area contributed by atoms with Gasteiger partial charge in [-0.05, 0) is 25.5 Å². The zero-order valence-electron chi connectivity index (χ0n) is 9.05. The van der Waals surface area contributed by atoms with Crippen LogP contribution in [0.2, 0.25) is 0 Å². The fourth-order valence-corrected chi connectivity index (χ4v) is 1.71. The molecule has 4 heteroatoms. The van der Waals surface area contributed by atoms with Gasteiger partial charge in [0.1, 0.15) is 0 Å². The first-order valence-electron chi connectivity index (χ1n) is 5.17. The lowest BCUT2D eigenvalue weighted by atomic mass is 10.2. The number of rotatable bonds is 3. The standard InChI is InChI=1S/C11H16N2O2/c1-8(2)15-11(14)13-6-9-4-3-5-12-10(9)7-13/h3-5,8,11,14H,6-7H2,1-2H3. The number of nitrogens with zero attached hydrogens (tertiary/aromatic N) is 2. The van der Waals surface area contributed by atoms with E-state index >= 15 is 0 Å². The fraction of sp³-hybridized carbons (Fsp3) is 0.545. The van der Waals surface area contributed by atoms with Crippen LogP contribution in [0.4, 0.5) is 0 Å². The predicted octanol–water partition coefficient (Wildman–Crippen LogP) is 1.10. The summed E-state index contributed by atoms with van der Waals surface area (Å²) >= 11 is 0. The summed E-state index contributed by atoms with van der Waals surface area (Å²) in [6, 6.07) is 3.95. The van der Waals surface area contributed by atoms with Gasteiger partial charge in [0.15, 0.2) is 0 Å². The molecule has 1 unspecified atom stereocenters. The van der Waals surface area contributed by atoms with Gasteiger partial charge in [0.25, 0.3) is 0 Å². The molecule has 1 atom stereocenters. The molecule has 2 rings (SSSR count). The van der Waals surface area contributed by atoms with Gasteiger partial charge in [-0.15, -0.1) is 0 Å². The number of ether oxygens (including phenoxy) is 1. The van der Waals surface area contributed by atoms with Crippen molar-refractivity contribution in [3.8, 4) is 0 Å². The minimum Gasteiger partial charge on any atom is -0.356 e. The molecule has 0 aromatic carbocycles. The minimum atomic E-state index is -0.834. The Kier molecular flexibility index (Phi) is 3.00. The van der Waals surface area contributed by atoms with Gasteiger partial charge < -0.3 is 9.84 Å². The molecule has 0 spiro atoms. The van der Waals surface area contributed by atoms with Gasteiger partial charge in [-0.25, -0.2) is 4.90 Å². The van der Waals surface area contributed by atoms with E-state index in [9.17, 15) is 5.11 Å². The largest absolute Gasteiger partial charge is 0.356 e. The second-order valence-corrected chi connectivity index (χ2v) is 4.03. The van der Waals surface area contributed by atoms with E-state index in [1.807, 2.05) is 30.9 Å². The molecule has 1 aromatic rings. The summed E-state index contributed by atoms with van der Waals surface area (Å²) < 4.78 is 5.32. The van der Waals surface area contributed by atoms with Crippen molar-refractivity contribution in [2.24, 2.45) is 0 Å².